The van der Waals surface area contributed by atoms with Crippen LogP contribution in [-0.2, 0) is 0 Å². The number of carbonyl (C=O) groups is 1. The summed E-state index contributed by atoms with van der Waals surface area (Å²) in [6.45, 7) is 8.96. The smallest absolute Gasteiger partial charge is 0.324 e. The molecule has 0 aromatic rings. The largest absolute Gasteiger partial charge is 0.337 e. The second-order valence-corrected chi connectivity index (χ2v) is 2.65. The van der Waals surface area contributed by atoms with Crippen molar-refractivity contribution in [2.75, 3.05) is 13.1 Å². The van der Waals surface area contributed by atoms with Gasteiger partial charge in [-0.25, -0.2) is 10.2 Å². The number of amides is 2. The molecule has 2 amide bonds. The molecular formula is C8H17N3O. The van der Waals surface area contributed by atoms with Crippen LogP contribution in [0.25, 0.3) is 0 Å². The first kappa shape index (κ1) is 10.9. The van der Waals surface area contributed by atoms with Crippen molar-refractivity contribution in [2.45, 2.75) is 27.7 Å². The van der Waals surface area contributed by atoms with Crippen molar-refractivity contribution in [3.05, 3.63) is 0 Å². The van der Waals surface area contributed by atoms with E-state index in [0.29, 0.717) is 13.1 Å². The lowest BCUT2D eigenvalue weighted by Gasteiger charge is -2.17. The van der Waals surface area contributed by atoms with Crippen LogP contribution < -0.4 is 5.43 Å². The maximum atomic E-state index is 11.2. The van der Waals surface area contributed by atoms with E-state index in [0.717, 1.165) is 5.71 Å². The van der Waals surface area contributed by atoms with Crippen LogP contribution in [0.3, 0.4) is 0 Å². The summed E-state index contributed by atoms with van der Waals surface area (Å²) in [5.74, 6) is 0. The Hall–Kier alpha value is -1.06. The zero-order valence-corrected chi connectivity index (χ0v) is 8.22. The molecule has 0 unspecified atom stereocenters. The van der Waals surface area contributed by atoms with Crippen LogP contribution in [0, 0.1) is 0 Å². The fourth-order valence-electron chi connectivity index (χ4n) is 0.741. The third-order valence-corrected chi connectivity index (χ3v) is 1.43. The Balaban J connectivity index is 3.93. The van der Waals surface area contributed by atoms with Crippen molar-refractivity contribution in [1.82, 2.24) is 10.3 Å². The van der Waals surface area contributed by atoms with E-state index < -0.39 is 0 Å². The molecule has 70 valence electrons. The Labute approximate surface area is 73.6 Å². The molecule has 0 spiro atoms. The van der Waals surface area contributed by atoms with Crippen molar-refractivity contribution < 1.29 is 4.79 Å². The van der Waals surface area contributed by atoms with Crippen LogP contribution in [0.5, 0.6) is 0 Å². The normalized spacial score (nSPS) is 9.00. The van der Waals surface area contributed by atoms with Crippen LogP contribution >= 0.6 is 0 Å². The number of hydrogen-bond donors (Lipinski definition) is 1. The SMILES string of the molecule is CCN(CC)C(=O)NN=C(C)C. The van der Waals surface area contributed by atoms with Gasteiger partial charge in [-0.1, -0.05) is 0 Å². The summed E-state index contributed by atoms with van der Waals surface area (Å²) in [5, 5.41) is 3.82. The summed E-state index contributed by atoms with van der Waals surface area (Å²) >= 11 is 0. The Kier molecular flexibility index (Phi) is 5.08. The molecule has 0 saturated heterocycles. The Bertz CT molecular complexity index is 169. The third kappa shape index (κ3) is 3.95. The maximum absolute atomic E-state index is 11.2. The molecule has 0 aliphatic heterocycles. The summed E-state index contributed by atoms with van der Waals surface area (Å²) in [4.78, 5) is 12.9. The number of urea groups is 1. The number of carbonyl (C=O) groups excluding carboxylic acids is 1. The van der Waals surface area contributed by atoms with Crippen molar-refractivity contribution in [2.24, 2.45) is 5.10 Å². The molecule has 4 heteroatoms. The molecule has 0 saturated carbocycles. The first-order chi connectivity index (χ1) is 5.61. The van der Waals surface area contributed by atoms with Gasteiger partial charge in [-0.05, 0) is 27.7 Å². The van der Waals surface area contributed by atoms with Gasteiger partial charge in [0.05, 0.1) is 0 Å². The summed E-state index contributed by atoms with van der Waals surface area (Å²) in [6.07, 6.45) is 0. The number of nitrogens with one attached hydrogen (secondary N) is 1. The van der Waals surface area contributed by atoms with Crippen LogP contribution in [0.1, 0.15) is 27.7 Å². The predicted molar refractivity (Wildman–Crippen MR) is 50.2 cm³/mol. The van der Waals surface area contributed by atoms with Crippen molar-refractivity contribution in [1.29, 1.82) is 0 Å². The lowest BCUT2D eigenvalue weighted by molar-refractivity contribution is 0.204. The lowest BCUT2D eigenvalue weighted by atomic mass is 10.5. The van der Waals surface area contributed by atoms with Crippen molar-refractivity contribution >= 4 is 11.7 Å². The molecule has 0 aliphatic rings. The average Bonchev–Trinajstić information content (AvgIpc) is 2.03. The van der Waals surface area contributed by atoms with E-state index in [4.69, 9.17) is 0 Å². The van der Waals surface area contributed by atoms with Crippen molar-refractivity contribution in [3.63, 3.8) is 0 Å². The van der Waals surface area contributed by atoms with Crippen LogP contribution in [0.15, 0.2) is 5.10 Å². The molecule has 0 radical (unpaired) electrons. The Morgan fingerprint density at radius 1 is 1.33 bits per heavy atom. The molecule has 0 aliphatic carbocycles. The Morgan fingerprint density at radius 3 is 2.17 bits per heavy atom. The zero-order chi connectivity index (χ0) is 9.56. The number of hydrogen-bond acceptors (Lipinski definition) is 2. The van der Waals surface area contributed by atoms with E-state index in [1.165, 1.54) is 0 Å². The molecule has 0 atom stereocenters. The van der Waals surface area contributed by atoms with Gasteiger partial charge in [0.2, 0.25) is 0 Å². The van der Waals surface area contributed by atoms with Gasteiger partial charge in [-0.3, -0.25) is 0 Å². The van der Waals surface area contributed by atoms with Gasteiger partial charge in [-0.2, -0.15) is 5.10 Å². The molecule has 0 fully saturated rings. The predicted octanol–water partition coefficient (Wildman–Crippen LogP) is 1.43. The molecule has 1 N–H and O–H groups in total. The highest BCUT2D eigenvalue weighted by molar-refractivity contribution is 5.81. The van der Waals surface area contributed by atoms with E-state index in [-0.39, 0.29) is 6.03 Å². The van der Waals surface area contributed by atoms with Gasteiger partial charge in [0.1, 0.15) is 0 Å². The van der Waals surface area contributed by atoms with E-state index >= 15 is 0 Å². The molecule has 12 heavy (non-hydrogen) atoms. The number of nitrogens with zero attached hydrogens (tertiary/aromatic N) is 2. The topological polar surface area (TPSA) is 44.7 Å². The molecule has 0 bridgehead atoms. The fraction of sp³-hybridized carbons (Fsp3) is 0.750. The van der Waals surface area contributed by atoms with Gasteiger partial charge >= 0.3 is 6.03 Å². The highest BCUT2D eigenvalue weighted by Crippen LogP contribution is 1.87. The zero-order valence-electron chi connectivity index (χ0n) is 8.22. The molecule has 0 heterocycles. The van der Waals surface area contributed by atoms with Crippen LogP contribution in [-0.4, -0.2) is 29.7 Å². The third-order valence-electron chi connectivity index (χ3n) is 1.43. The summed E-state index contributed by atoms with van der Waals surface area (Å²) in [5.41, 5.74) is 3.30. The van der Waals surface area contributed by atoms with Gasteiger partial charge in [0.15, 0.2) is 0 Å². The first-order valence-electron chi connectivity index (χ1n) is 4.17. The number of hydrazone groups is 1. The first-order valence-corrected chi connectivity index (χ1v) is 4.17. The van der Waals surface area contributed by atoms with E-state index in [1.54, 1.807) is 4.90 Å². The molecule has 0 aromatic heterocycles. The highest BCUT2D eigenvalue weighted by Gasteiger charge is 2.06. The van der Waals surface area contributed by atoms with Crippen LogP contribution in [0.4, 0.5) is 4.79 Å². The minimum absolute atomic E-state index is 0.138. The second kappa shape index (κ2) is 5.57. The molecule has 0 aromatic carbocycles. The molecular weight excluding hydrogens is 154 g/mol. The Morgan fingerprint density at radius 2 is 1.83 bits per heavy atom. The standard InChI is InChI=1S/C8H17N3O/c1-5-11(6-2)8(12)10-9-7(3)4/h5-6H2,1-4H3,(H,10,12). The minimum atomic E-state index is -0.138. The van der Waals surface area contributed by atoms with Gasteiger partial charge in [0, 0.05) is 18.8 Å². The summed E-state index contributed by atoms with van der Waals surface area (Å²) < 4.78 is 0. The number of rotatable bonds is 3. The molecule has 4 nitrogen and oxygen atoms in total. The monoisotopic (exact) mass is 171 g/mol. The van der Waals surface area contributed by atoms with Crippen molar-refractivity contribution in [3.8, 4) is 0 Å². The van der Waals surface area contributed by atoms with Gasteiger partial charge in [-0.15, -0.1) is 0 Å². The van der Waals surface area contributed by atoms with Gasteiger partial charge < -0.3 is 4.90 Å². The second-order valence-electron chi connectivity index (χ2n) is 2.65. The quantitative estimate of drug-likeness (QED) is 0.506. The minimum Gasteiger partial charge on any atom is -0.324 e. The van der Waals surface area contributed by atoms with E-state index in [9.17, 15) is 4.79 Å². The molecule has 0 rings (SSSR count). The average molecular weight is 171 g/mol. The van der Waals surface area contributed by atoms with Crippen LogP contribution in [0.2, 0.25) is 0 Å². The highest BCUT2D eigenvalue weighted by atomic mass is 16.2. The van der Waals surface area contributed by atoms with Gasteiger partial charge in [0.25, 0.3) is 0 Å². The van der Waals surface area contributed by atoms with E-state index in [1.807, 2.05) is 27.7 Å². The fourth-order valence-corrected chi connectivity index (χ4v) is 0.741. The maximum Gasteiger partial charge on any atom is 0.337 e. The van der Waals surface area contributed by atoms with E-state index in [2.05, 4.69) is 10.5 Å². The summed E-state index contributed by atoms with van der Waals surface area (Å²) in [7, 11) is 0. The summed E-state index contributed by atoms with van der Waals surface area (Å²) in [6, 6.07) is -0.138. The lowest BCUT2D eigenvalue weighted by Crippen LogP contribution is -2.37.